The summed E-state index contributed by atoms with van der Waals surface area (Å²) in [5.74, 6) is 2.34. The molecule has 0 radical (unpaired) electrons. The van der Waals surface area contributed by atoms with Crippen LogP contribution in [0.5, 0.6) is 0 Å². The number of aliphatic hydroxyl groups excluding tert-OH is 3. The van der Waals surface area contributed by atoms with Crippen molar-refractivity contribution in [2.75, 3.05) is 6.61 Å². The first kappa shape index (κ1) is 10.2. The summed E-state index contributed by atoms with van der Waals surface area (Å²) in [5, 5.41) is 30.3. The van der Waals surface area contributed by atoms with E-state index in [2.05, 4.69) is 11.2 Å². The van der Waals surface area contributed by atoms with Crippen LogP contribution in [0, 0.1) is 12.3 Å². The van der Waals surface area contributed by atoms with Gasteiger partial charge in [-0.05, 0) is 22.6 Å². The molecule has 0 aromatic heterocycles. The van der Waals surface area contributed by atoms with Crippen molar-refractivity contribution in [1.29, 1.82) is 0 Å². The van der Waals surface area contributed by atoms with Crippen molar-refractivity contribution in [3.8, 4) is 12.3 Å². The zero-order valence-corrected chi connectivity index (χ0v) is 8.39. The lowest BCUT2D eigenvalue weighted by atomic mass is 10.1. The van der Waals surface area contributed by atoms with Crippen LogP contribution in [-0.4, -0.2) is 43.7 Å². The summed E-state index contributed by atoms with van der Waals surface area (Å²) < 4.78 is -0.968. The van der Waals surface area contributed by atoms with E-state index in [1.54, 1.807) is 0 Å². The van der Waals surface area contributed by atoms with Gasteiger partial charge in [-0.3, -0.25) is 5.32 Å². The number of terminal acetylenes is 1. The third-order valence-corrected chi connectivity index (χ3v) is 3.21. The van der Waals surface area contributed by atoms with Crippen molar-refractivity contribution in [3.05, 3.63) is 0 Å². The van der Waals surface area contributed by atoms with E-state index in [0.717, 1.165) is 0 Å². The van der Waals surface area contributed by atoms with Gasteiger partial charge in [0.25, 0.3) is 0 Å². The van der Waals surface area contributed by atoms with Crippen molar-refractivity contribution in [2.45, 2.75) is 21.8 Å². The fourth-order valence-electron chi connectivity index (χ4n) is 1.18. The van der Waals surface area contributed by atoms with Crippen LogP contribution in [-0.2, 0) is 0 Å². The van der Waals surface area contributed by atoms with Crippen LogP contribution in [0.4, 0.5) is 0 Å². The molecule has 1 fully saturated rings. The van der Waals surface area contributed by atoms with Crippen molar-refractivity contribution in [1.82, 2.24) is 5.32 Å². The molecule has 1 heterocycles. The number of halogens is 1. The number of aliphatic hydroxyl groups is 3. The average Bonchev–Trinajstić information content (AvgIpc) is 2.31. The van der Waals surface area contributed by atoms with Crippen molar-refractivity contribution >= 4 is 22.6 Å². The van der Waals surface area contributed by atoms with Crippen LogP contribution in [0.25, 0.3) is 0 Å². The maximum absolute atomic E-state index is 9.44. The lowest BCUT2D eigenvalue weighted by Crippen LogP contribution is -2.42. The third-order valence-electron chi connectivity index (χ3n) is 1.95. The molecule has 68 valence electrons. The van der Waals surface area contributed by atoms with Crippen LogP contribution in [0.15, 0.2) is 0 Å². The normalized spacial score (nSPS) is 47.4. The first-order valence-corrected chi connectivity index (χ1v) is 4.54. The van der Waals surface area contributed by atoms with Gasteiger partial charge in [0.2, 0.25) is 0 Å². The first-order valence-electron chi connectivity index (χ1n) is 3.46. The monoisotopic (exact) mass is 283 g/mol. The highest BCUT2D eigenvalue weighted by Gasteiger charge is 2.49. The number of alkyl halides is 1. The standard InChI is InChI=1S/C7H10INO3/c1-2-7(8)6(12)5(11)4(3-10)9-7/h1,4-6,9-12H,3H2/t4-,5-,6-,7-/m1/s1. The van der Waals surface area contributed by atoms with Gasteiger partial charge < -0.3 is 15.3 Å². The second-order valence-corrected chi connectivity index (χ2v) is 4.43. The van der Waals surface area contributed by atoms with Gasteiger partial charge in [-0.2, -0.15) is 0 Å². The van der Waals surface area contributed by atoms with E-state index in [-0.39, 0.29) is 6.61 Å². The predicted molar refractivity (Wildman–Crippen MR) is 51.6 cm³/mol. The summed E-state index contributed by atoms with van der Waals surface area (Å²) in [6, 6.07) is -0.548. The summed E-state index contributed by atoms with van der Waals surface area (Å²) in [6.07, 6.45) is 3.11. The number of nitrogens with one attached hydrogen (secondary N) is 1. The summed E-state index contributed by atoms with van der Waals surface area (Å²) >= 11 is 1.84. The van der Waals surface area contributed by atoms with Gasteiger partial charge in [0, 0.05) is 0 Å². The zero-order valence-electron chi connectivity index (χ0n) is 6.24. The molecule has 0 aromatic rings. The SMILES string of the molecule is C#C[C@@]1(I)N[C@H](CO)[C@@H](O)[C@H]1O. The molecule has 0 aliphatic carbocycles. The summed E-state index contributed by atoms with van der Waals surface area (Å²) in [4.78, 5) is 0. The van der Waals surface area contributed by atoms with E-state index in [4.69, 9.17) is 11.5 Å². The molecule has 0 aromatic carbocycles. The molecule has 0 unspecified atom stereocenters. The summed E-state index contributed by atoms with van der Waals surface area (Å²) in [5.41, 5.74) is 0. The zero-order chi connectivity index (χ0) is 9.35. The van der Waals surface area contributed by atoms with Crippen molar-refractivity contribution in [2.24, 2.45) is 0 Å². The molecular formula is C7H10INO3. The second kappa shape index (κ2) is 3.47. The Morgan fingerprint density at radius 3 is 2.42 bits per heavy atom. The topological polar surface area (TPSA) is 72.7 Å². The van der Waals surface area contributed by atoms with Crippen LogP contribution in [0.2, 0.25) is 0 Å². The molecule has 5 heteroatoms. The van der Waals surface area contributed by atoms with Gasteiger partial charge in [-0.1, -0.05) is 5.92 Å². The largest absolute Gasteiger partial charge is 0.395 e. The van der Waals surface area contributed by atoms with Gasteiger partial charge in [0.15, 0.2) is 3.55 Å². The van der Waals surface area contributed by atoms with E-state index in [1.807, 2.05) is 22.6 Å². The molecule has 1 rings (SSSR count). The second-order valence-electron chi connectivity index (χ2n) is 2.72. The lowest BCUT2D eigenvalue weighted by molar-refractivity contribution is 0.0231. The Morgan fingerprint density at radius 1 is 1.58 bits per heavy atom. The van der Waals surface area contributed by atoms with Crippen molar-refractivity contribution < 1.29 is 15.3 Å². The molecule has 4 N–H and O–H groups in total. The Bertz CT molecular complexity index is 217. The van der Waals surface area contributed by atoms with Gasteiger partial charge in [-0.15, -0.1) is 6.42 Å². The van der Waals surface area contributed by atoms with Gasteiger partial charge in [-0.25, -0.2) is 0 Å². The van der Waals surface area contributed by atoms with E-state index in [0.29, 0.717) is 0 Å². The molecule has 0 bridgehead atoms. The van der Waals surface area contributed by atoms with E-state index in [9.17, 15) is 10.2 Å². The highest BCUT2D eigenvalue weighted by Crippen LogP contribution is 2.29. The van der Waals surface area contributed by atoms with Gasteiger partial charge in [0.1, 0.15) is 12.2 Å². The fourth-order valence-corrected chi connectivity index (χ4v) is 1.95. The molecule has 0 saturated carbocycles. The quantitative estimate of drug-likeness (QED) is 0.203. The Morgan fingerprint density at radius 2 is 2.17 bits per heavy atom. The third kappa shape index (κ3) is 1.45. The molecule has 4 nitrogen and oxygen atoms in total. The molecule has 0 amide bonds. The highest BCUT2D eigenvalue weighted by atomic mass is 127. The molecule has 1 aliphatic heterocycles. The van der Waals surface area contributed by atoms with Crippen LogP contribution in [0.3, 0.4) is 0 Å². The van der Waals surface area contributed by atoms with Gasteiger partial charge >= 0.3 is 0 Å². The fraction of sp³-hybridized carbons (Fsp3) is 0.714. The van der Waals surface area contributed by atoms with Gasteiger partial charge in [0.05, 0.1) is 12.6 Å². The average molecular weight is 283 g/mol. The molecule has 0 spiro atoms. The Labute approximate surface area is 84.1 Å². The Hall–Kier alpha value is 0.130. The Balaban J connectivity index is 2.81. The minimum atomic E-state index is -1.04. The maximum atomic E-state index is 9.44. The minimum Gasteiger partial charge on any atom is -0.395 e. The molecule has 1 saturated heterocycles. The van der Waals surface area contributed by atoms with Crippen molar-refractivity contribution in [3.63, 3.8) is 0 Å². The summed E-state index contributed by atoms with van der Waals surface area (Å²) in [7, 11) is 0. The molecule has 1 aliphatic rings. The van der Waals surface area contributed by atoms with Crippen LogP contribution < -0.4 is 5.32 Å². The smallest absolute Gasteiger partial charge is 0.161 e. The molecule has 4 atom stereocenters. The number of hydrogen-bond acceptors (Lipinski definition) is 4. The van der Waals surface area contributed by atoms with E-state index >= 15 is 0 Å². The predicted octanol–water partition coefficient (Wildman–Crippen LogP) is -1.56. The maximum Gasteiger partial charge on any atom is 0.161 e. The van der Waals surface area contributed by atoms with E-state index in [1.165, 1.54) is 0 Å². The van der Waals surface area contributed by atoms with Crippen LogP contribution >= 0.6 is 22.6 Å². The molecule has 12 heavy (non-hydrogen) atoms. The highest BCUT2D eigenvalue weighted by molar-refractivity contribution is 14.1. The number of hydrogen-bond donors (Lipinski definition) is 4. The van der Waals surface area contributed by atoms with Crippen LogP contribution in [0.1, 0.15) is 0 Å². The lowest BCUT2D eigenvalue weighted by Gasteiger charge is -2.19. The number of rotatable bonds is 1. The Kier molecular flexibility index (Phi) is 2.96. The molecular weight excluding hydrogens is 273 g/mol. The minimum absolute atomic E-state index is 0.245. The summed E-state index contributed by atoms with van der Waals surface area (Å²) in [6.45, 7) is -0.245. The first-order chi connectivity index (χ1) is 5.55. The van der Waals surface area contributed by atoms with E-state index < -0.39 is 21.8 Å².